The van der Waals surface area contributed by atoms with Gasteiger partial charge in [0.15, 0.2) is 5.78 Å². The average molecular weight is 435 g/mol. The Morgan fingerprint density at radius 1 is 1.03 bits per heavy atom. The summed E-state index contributed by atoms with van der Waals surface area (Å²) in [5.74, 6) is -0.984. The molecule has 1 unspecified atom stereocenters. The van der Waals surface area contributed by atoms with Crippen molar-refractivity contribution in [2.45, 2.75) is 18.2 Å². The largest absolute Gasteiger partial charge is 0.324 e. The van der Waals surface area contributed by atoms with Crippen LogP contribution in [0.3, 0.4) is 0 Å². The molecule has 1 aliphatic rings. The Morgan fingerprint density at radius 3 is 2.55 bits per heavy atom. The molecule has 1 atom stereocenters. The Labute approximate surface area is 185 Å². The van der Waals surface area contributed by atoms with Crippen molar-refractivity contribution in [1.82, 2.24) is 9.47 Å². The number of carbonyl (C=O) groups is 2. The fraction of sp³-hybridized carbons (Fsp3) is 0.200. The van der Waals surface area contributed by atoms with Gasteiger partial charge in [0, 0.05) is 47.3 Å². The van der Waals surface area contributed by atoms with E-state index < -0.39 is 11.9 Å². The van der Waals surface area contributed by atoms with E-state index in [2.05, 4.69) is 0 Å². The van der Waals surface area contributed by atoms with Gasteiger partial charge in [0.2, 0.25) is 11.9 Å². The van der Waals surface area contributed by atoms with Gasteiger partial charge in [-0.2, -0.15) is 4.39 Å². The maximum atomic E-state index is 15.2. The Balaban J connectivity index is 1.47. The molecule has 1 aromatic heterocycles. The number of thioether (sulfide) groups is 1. The number of hydrogen-bond acceptors (Lipinski definition) is 4. The van der Waals surface area contributed by atoms with Crippen molar-refractivity contribution >= 4 is 34.4 Å². The number of Topliss-reactive ketones (excluding diaryl/α,β-unsaturated/α-hetero) is 1. The number of allylic oxidation sites excluding steroid dienone is 2. The maximum absolute atomic E-state index is 15.2. The number of halogens is 1. The first kappa shape index (κ1) is 21.1. The van der Waals surface area contributed by atoms with Crippen LogP contribution in [0.1, 0.15) is 18.1 Å². The molecule has 0 fully saturated rings. The highest BCUT2D eigenvalue weighted by Crippen LogP contribution is 2.31. The van der Waals surface area contributed by atoms with Gasteiger partial charge in [0.1, 0.15) is 0 Å². The molecule has 2 aromatic carbocycles. The van der Waals surface area contributed by atoms with Crippen LogP contribution in [-0.2, 0) is 4.79 Å². The number of fused-ring (bicyclic) bond motifs is 1. The second kappa shape index (κ2) is 9.35. The summed E-state index contributed by atoms with van der Waals surface area (Å²) in [7, 11) is 0. The van der Waals surface area contributed by atoms with Crippen LogP contribution in [-0.4, -0.2) is 33.5 Å². The number of rotatable bonds is 7. The predicted molar refractivity (Wildman–Crippen MR) is 122 cm³/mol. The van der Waals surface area contributed by atoms with Crippen molar-refractivity contribution in [3.05, 3.63) is 90.7 Å². The highest BCUT2D eigenvalue weighted by atomic mass is 32.2. The normalized spacial score (nSPS) is 16.2. The second-order valence-electron chi connectivity index (χ2n) is 7.41. The summed E-state index contributed by atoms with van der Waals surface area (Å²) in [4.78, 5) is 27.8. The number of para-hydroxylation sites is 1. The Hall–Kier alpha value is -3.12. The Kier molecular flexibility index (Phi) is 6.37. The molecule has 0 spiro atoms. The van der Waals surface area contributed by atoms with E-state index in [1.165, 1.54) is 11.8 Å². The van der Waals surface area contributed by atoms with Gasteiger partial charge in [-0.3, -0.25) is 14.2 Å². The highest BCUT2D eigenvalue weighted by molar-refractivity contribution is 7.99. The number of carbonyl (C=O) groups excluding carboxylic acids is 2. The molecule has 6 heteroatoms. The summed E-state index contributed by atoms with van der Waals surface area (Å²) < 4.78 is 16.8. The summed E-state index contributed by atoms with van der Waals surface area (Å²) in [6.45, 7) is 1.79. The van der Waals surface area contributed by atoms with Gasteiger partial charge in [0.05, 0.1) is 11.1 Å². The minimum absolute atomic E-state index is 0.0319. The van der Waals surface area contributed by atoms with Gasteiger partial charge in [-0.1, -0.05) is 42.5 Å². The zero-order valence-electron chi connectivity index (χ0n) is 17.2. The first-order valence-corrected chi connectivity index (χ1v) is 11.2. The highest BCUT2D eigenvalue weighted by Gasteiger charge is 2.29. The SMILES string of the molecule is CC(=O)C1=C(F)N(CCSc2ccccc2)C=CC1CC(=O)n1ccc2ccccc21. The zero-order chi connectivity index (χ0) is 21.8. The number of nitrogens with zero attached hydrogens (tertiary/aromatic N) is 2. The Morgan fingerprint density at radius 2 is 1.77 bits per heavy atom. The van der Waals surface area contributed by atoms with Gasteiger partial charge in [0.25, 0.3) is 0 Å². The van der Waals surface area contributed by atoms with E-state index in [1.54, 1.807) is 34.8 Å². The van der Waals surface area contributed by atoms with E-state index in [9.17, 15) is 9.59 Å². The van der Waals surface area contributed by atoms with E-state index in [0.717, 1.165) is 15.8 Å². The Bertz CT molecular complexity index is 1170. The molecule has 0 saturated carbocycles. The van der Waals surface area contributed by atoms with Gasteiger partial charge in [-0.25, -0.2) is 0 Å². The van der Waals surface area contributed by atoms with E-state index in [-0.39, 0.29) is 23.7 Å². The molecule has 0 amide bonds. The summed E-state index contributed by atoms with van der Waals surface area (Å²) in [5, 5.41) is 0.964. The van der Waals surface area contributed by atoms with Crippen LogP contribution < -0.4 is 0 Å². The fourth-order valence-electron chi connectivity index (χ4n) is 3.79. The maximum Gasteiger partial charge on any atom is 0.232 e. The van der Waals surface area contributed by atoms with Gasteiger partial charge >= 0.3 is 0 Å². The van der Waals surface area contributed by atoms with E-state index in [1.807, 2.05) is 60.7 Å². The molecular formula is C25H23FN2O2S. The molecule has 0 saturated heterocycles. The second-order valence-corrected chi connectivity index (χ2v) is 8.57. The molecule has 0 aliphatic carbocycles. The minimum Gasteiger partial charge on any atom is -0.324 e. The molecule has 3 aromatic rings. The van der Waals surface area contributed by atoms with Crippen molar-refractivity contribution in [3.63, 3.8) is 0 Å². The van der Waals surface area contributed by atoms with Gasteiger partial charge < -0.3 is 4.90 Å². The lowest BCUT2D eigenvalue weighted by molar-refractivity contribution is -0.114. The van der Waals surface area contributed by atoms with Crippen molar-refractivity contribution in [3.8, 4) is 0 Å². The van der Waals surface area contributed by atoms with E-state index >= 15 is 4.39 Å². The first-order valence-electron chi connectivity index (χ1n) is 10.2. The first-order chi connectivity index (χ1) is 15.0. The van der Waals surface area contributed by atoms with E-state index in [4.69, 9.17) is 0 Å². The molecule has 31 heavy (non-hydrogen) atoms. The van der Waals surface area contributed by atoms with Crippen molar-refractivity contribution in [2.75, 3.05) is 12.3 Å². The quantitative estimate of drug-likeness (QED) is 0.354. The van der Waals surface area contributed by atoms with Crippen LogP contribution in [0.5, 0.6) is 0 Å². The van der Waals surface area contributed by atoms with Crippen molar-refractivity contribution < 1.29 is 14.0 Å². The van der Waals surface area contributed by atoms with Crippen LogP contribution in [0, 0.1) is 5.92 Å². The standard InChI is InChI=1S/C25H23FN2O2S/c1-18(29)24-20(17-23(30)28-14-12-19-7-5-6-10-22(19)28)11-13-27(25(24)26)15-16-31-21-8-3-2-4-9-21/h2-14,20H,15-17H2,1H3. The lowest BCUT2D eigenvalue weighted by Crippen LogP contribution is -2.28. The third-order valence-corrected chi connectivity index (χ3v) is 6.32. The molecule has 4 nitrogen and oxygen atoms in total. The number of ketones is 1. The average Bonchev–Trinajstić information content (AvgIpc) is 3.20. The van der Waals surface area contributed by atoms with Crippen LogP contribution in [0.2, 0.25) is 0 Å². The molecule has 0 N–H and O–H groups in total. The summed E-state index contributed by atoms with van der Waals surface area (Å²) >= 11 is 1.63. The van der Waals surface area contributed by atoms with Crippen molar-refractivity contribution in [2.24, 2.45) is 5.92 Å². The third kappa shape index (κ3) is 4.64. The van der Waals surface area contributed by atoms with E-state index in [0.29, 0.717) is 12.3 Å². The molecule has 2 heterocycles. The van der Waals surface area contributed by atoms with Gasteiger partial charge in [-0.05, 0) is 31.2 Å². The summed E-state index contributed by atoms with van der Waals surface area (Å²) in [6.07, 6.45) is 5.17. The summed E-state index contributed by atoms with van der Waals surface area (Å²) in [6, 6.07) is 19.4. The molecule has 0 bridgehead atoms. The molecule has 0 radical (unpaired) electrons. The topological polar surface area (TPSA) is 42.3 Å². The van der Waals surface area contributed by atoms with Crippen LogP contribution >= 0.6 is 11.8 Å². The monoisotopic (exact) mass is 434 g/mol. The van der Waals surface area contributed by atoms with Crippen LogP contribution in [0.4, 0.5) is 4.39 Å². The minimum atomic E-state index is -0.579. The third-order valence-electron chi connectivity index (χ3n) is 5.33. The number of hydrogen-bond donors (Lipinski definition) is 0. The fourth-order valence-corrected chi connectivity index (χ4v) is 4.67. The van der Waals surface area contributed by atoms with Gasteiger partial charge in [-0.15, -0.1) is 11.8 Å². The van der Waals surface area contributed by atoms with Crippen LogP contribution in [0.15, 0.2) is 95.6 Å². The molecule has 1 aliphatic heterocycles. The molecular weight excluding hydrogens is 411 g/mol. The predicted octanol–water partition coefficient (Wildman–Crippen LogP) is 5.68. The van der Waals surface area contributed by atoms with Crippen molar-refractivity contribution in [1.29, 1.82) is 0 Å². The smallest absolute Gasteiger partial charge is 0.232 e. The lowest BCUT2D eigenvalue weighted by atomic mass is 9.90. The zero-order valence-corrected chi connectivity index (χ0v) is 18.0. The number of benzene rings is 2. The van der Waals surface area contributed by atoms with Crippen LogP contribution in [0.25, 0.3) is 10.9 Å². The molecule has 158 valence electrons. The number of aromatic nitrogens is 1. The lowest BCUT2D eigenvalue weighted by Gasteiger charge is -2.27. The summed E-state index contributed by atoms with van der Waals surface area (Å²) in [5.41, 5.74) is 0.873. The molecule has 4 rings (SSSR count).